The molecule has 1 heterocycles. The van der Waals surface area contributed by atoms with Crippen molar-refractivity contribution in [2.75, 3.05) is 20.1 Å². The first-order chi connectivity index (χ1) is 7.72. The van der Waals surface area contributed by atoms with Crippen LogP contribution in [0.25, 0.3) is 0 Å². The Morgan fingerprint density at radius 3 is 2.44 bits per heavy atom. The molecule has 1 aliphatic carbocycles. The minimum absolute atomic E-state index is 0.745. The predicted molar refractivity (Wildman–Crippen MR) is 69.6 cm³/mol. The van der Waals surface area contributed by atoms with Crippen LogP contribution in [0.1, 0.15) is 46.0 Å². The van der Waals surface area contributed by atoms with E-state index in [-0.39, 0.29) is 0 Å². The zero-order valence-electron chi connectivity index (χ0n) is 11.2. The van der Waals surface area contributed by atoms with Gasteiger partial charge in [0.25, 0.3) is 0 Å². The first-order valence-electron chi connectivity index (χ1n) is 7.13. The fraction of sp³-hybridized carbons (Fsp3) is 1.00. The predicted octanol–water partition coefficient (Wildman–Crippen LogP) is 2.49. The first kappa shape index (κ1) is 12.4. The van der Waals surface area contributed by atoms with Crippen molar-refractivity contribution in [2.45, 2.75) is 58.0 Å². The number of rotatable bonds is 2. The molecule has 0 radical (unpaired) electrons. The van der Waals surface area contributed by atoms with Crippen LogP contribution in [0, 0.1) is 11.8 Å². The molecule has 2 fully saturated rings. The van der Waals surface area contributed by atoms with Crippen molar-refractivity contribution in [3.8, 4) is 0 Å². The van der Waals surface area contributed by atoms with Gasteiger partial charge >= 0.3 is 0 Å². The van der Waals surface area contributed by atoms with Crippen LogP contribution in [0.4, 0.5) is 0 Å². The smallest absolute Gasteiger partial charge is 0.0249 e. The molecule has 0 aromatic carbocycles. The Morgan fingerprint density at radius 2 is 1.75 bits per heavy atom. The van der Waals surface area contributed by atoms with Crippen LogP contribution in [0.5, 0.6) is 0 Å². The molecule has 0 bridgehead atoms. The molecular weight excluding hydrogens is 196 g/mol. The molecule has 4 atom stereocenters. The van der Waals surface area contributed by atoms with E-state index in [1.807, 2.05) is 0 Å². The lowest BCUT2D eigenvalue weighted by Crippen LogP contribution is -2.54. The molecule has 0 aromatic heterocycles. The quantitative estimate of drug-likeness (QED) is 0.775. The maximum Gasteiger partial charge on any atom is 0.0249 e. The second-order valence-electron chi connectivity index (χ2n) is 5.99. The third-order valence-corrected chi connectivity index (χ3v) is 4.93. The van der Waals surface area contributed by atoms with Gasteiger partial charge in [0.15, 0.2) is 0 Å². The Bertz CT molecular complexity index is 217. The molecule has 1 saturated heterocycles. The molecule has 2 rings (SSSR count). The van der Waals surface area contributed by atoms with Crippen LogP contribution < -0.4 is 5.32 Å². The van der Waals surface area contributed by atoms with Crippen molar-refractivity contribution in [3.05, 3.63) is 0 Å². The molecule has 1 N–H and O–H groups in total. The summed E-state index contributed by atoms with van der Waals surface area (Å²) in [4.78, 5) is 2.77. The summed E-state index contributed by atoms with van der Waals surface area (Å²) >= 11 is 0. The summed E-state index contributed by atoms with van der Waals surface area (Å²) in [6.45, 7) is 7.49. The third kappa shape index (κ3) is 2.60. The largest absolute Gasteiger partial charge is 0.315 e. The van der Waals surface area contributed by atoms with Gasteiger partial charge in [-0.3, -0.25) is 4.90 Å². The summed E-state index contributed by atoms with van der Waals surface area (Å²) in [6, 6.07) is 1.56. The molecule has 1 saturated carbocycles. The average Bonchev–Trinajstić information content (AvgIpc) is 2.32. The second-order valence-corrected chi connectivity index (χ2v) is 5.99. The highest BCUT2D eigenvalue weighted by molar-refractivity contribution is 4.90. The Hall–Kier alpha value is -0.0800. The topological polar surface area (TPSA) is 15.3 Å². The minimum Gasteiger partial charge on any atom is -0.315 e. The second kappa shape index (κ2) is 5.50. The van der Waals surface area contributed by atoms with E-state index >= 15 is 0 Å². The van der Waals surface area contributed by atoms with Gasteiger partial charge in [0.1, 0.15) is 0 Å². The summed E-state index contributed by atoms with van der Waals surface area (Å²) in [6.07, 6.45) is 7.04. The monoisotopic (exact) mass is 224 g/mol. The Morgan fingerprint density at radius 1 is 1.00 bits per heavy atom. The fourth-order valence-corrected chi connectivity index (χ4v) is 3.48. The maximum atomic E-state index is 3.54. The first-order valence-corrected chi connectivity index (χ1v) is 7.13. The molecule has 2 aliphatic rings. The number of nitrogens with zero attached hydrogens (tertiary/aromatic N) is 1. The van der Waals surface area contributed by atoms with E-state index in [0.717, 1.165) is 23.9 Å². The zero-order chi connectivity index (χ0) is 11.5. The van der Waals surface area contributed by atoms with Gasteiger partial charge in [-0.15, -0.1) is 0 Å². The number of piperidine rings is 1. The van der Waals surface area contributed by atoms with Gasteiger partial charge in [0.05, 0.1) is 0 Å². The van der Waals surface area contributed by atoms with E-state index in [1.165, 1.54) is 45.2 Å². The zero-order valence-corrected chi connectivity index (χ0v) is 11.2. The summed E-state index contributed by atoms with van der Waals surface area (Å²) in [5.41, 5.74) is 0. The molecule has 0 spiro atoms. The van der Waals surface area contributed by atoms with E-state index < -0.39 is 0 Å². The summed E-state index contributed by atoms with van der Waals surface area (Å²) in [7, 11) is 2.14. The molecule has 94 valence electrons. The molecule has 2 heteroatoms. The SMILES string of the molecule is CNC1CCCCC1N1CCC(C)C(C)C1. The van der Waals surface area contributed by atoms with Crippen LogP contribution in [-0.2, 0) is 0 Å². The van der Waals surface area contributed by atoms with Crippen molar-refractivity contribution < 1.29 is 0 Å². The minimum atomic E-state index is 0.745. The lowest BCUT2D eigenvalue weighted by Gasteiger charge is -2.45. The van der Waals surface area contributed by atoms with Crippen molar-refractivity contribution in [3.63, 3.8) is 0 Å². The average molecular weight is 224 g/mol. The molecule has 16 heavy (non-hydrogen) atoms. The van der Waals surface area contributed by atoms with Gasteiger partial charge in [-0.1, -0.05) is 26.7 Å². The van der Waals surface area contributed by atoms with Crippen LogP contribution in [0.2, 0.25) is 0 Å². The number of likely N-dealkylation sites (tertiary alicyclic amines) is 1. The lowest BCUT2D eigenvalue weighted by atomic mass is 9.84. The van der Waals surface area contributed by atoms with Gasteiger partial charge in [-0.25, -0.2) is 0 Å². The molecule has 0 aromatic rings. The summed E-state index contributed by atoms with van der Waals surface area (Å²) in [5.74, 6) is 1.81. The number of likely N-dealkylation sites (N-methyl/N-ethyl adjacent to an activating group) is 1. The number of nitrogens with one attached hydrogen (secondary N) is 1. The third-order valence-electron chi connectivity index (χ3n) is 4.93. The van der Waals surface area contributed by atoms with E-state index in [0.29, 0.717) is 0 Å². The van der Waals surface area contributed by atoms with Crippen molar-refractivity contribution >= 4 is 0 Å². The summed E-state index contributed by atoms with van der Waals surface area (Å²) < 4.78 is 0. The fourth-order valence-electron chi connectivity index (χ4n) is 3.48. The number of hydrogen-bond acceptors (Lipinski definition) is 2. The van der Waals surface area contributed by atoms with Crippen molar-refractivity contribution in [1.82, 2.24) is 10.2 Å². The Labute approximate surface area is 101 Å². The Kier molecular flexibility index (Phi) is 4.26. The van der Waals surface area contributed by atoms with E-state index in [1.54, 1.807) is 0 Å². The van der Waals surface area contributed by atoms with Gasteiger partial charge in [-0.05, 0) is 44.7 Å². The lowest BCUT2D eigenvalue weighted by molar-refractivity contribution is 0.0596. The van der Waals surface area contributed by atoms with Crippen molar-refractivity contribution in [1.29, 1.82) is 0 Å². The maximum absolute atomic E-state index is 3.54. The van der Waals surface area contributed by atoms with Crippen molar-refractivity contribution in [2.24, 2.45) is 11.8 Å². The van der Waals surface area contributed by atoms with Gasteiger partial charge < -0.3 is 5.32 Å². The van der Waals surface area contributed by atoms with E-state index in [9.17, 15) is 0 Å². The molecule has 0 amide bonds. The standard InChI is InChI=1S/C14H28N2/c1-11-8-9-16(10-12(11)2)14-7-5-4-6-13(14)15-3/h11-15H,4-10H2,1-3H3. The summed E-state index contributed by atoms with van der Waals surface area (Å²) in [5, 5.41) is 3.54. The van der Waals surface area contributed by atoms with Gasteiger partial charge in [0.2, 0.25) is 0 Å². The van der Waals surface area contributed by atoms with Crippen LogP contribution in [0.15, 0.2) is 0 Å². The van der Waals surface area contributed by atoms with Gasteiger partial charge in [-0.2, -0.15) is 0 Å². The number of hydrogen-bond donors (Lipinski definition) is 1. The van der Waals surface area contributed by atoms with Crippen LogP contribution in [-0.4, -0.2) is 37.1 Å². The van der Waals surface area contributed by atoms with Crippen LogP contribution >= 0.6 is 0 Å². The highest BCUT2D eigenvalue weighted by Gasteiger charge is 2.33. The van der Waals surface area contributed by atoms with E-state index in [4.69, 9.17) is 0 Å². The van der Waals surface area contributed by atoms with E-state index in [2.05, 4.69) is 31.1 Å². The van der Waals surface area contributed by atoms with Gasteiger partial charge in [0, 0.05) is 18.6 Å². The molecule has 2 nitrogen and oxygen atoms in total. The molecule has 1 aliphatic heterocycles. The highest BCUT2D eigenvalue weighted by Crippen LogP contribution is 2.29. The van der Waals surface area contributed by atoms with Crippen LogP contribution in [0.3, 0.4) is 0 Å². The molecular formula is C14H28N2. The highest BCUT2D eigenvalue weighted by atomic mass is 15.2. The normalized spacial score (nSPS) is 42.2. The molecule has 4 unspecified atom stereocenters. The Balaban J connectivity index is 1.95.